The van der Waals surface area contributed by atoms with Crippen LogP contribution in [-0.2, 0) is 14.3 Å². The molecule has 0 heterocycles. The first-order chi connectivity index (χ1) is 8.70. The molecule has 0 atom stereocenters. The van der Waals surface area contributed by atoms with Crippen molar-refractivity contribution < 1.29 is 14.3 Å². The maximum Gasteiger partial charge on any atom is 0.305 e. The van der Waals surface area contributed by atoms with Gasteiger partial charge in [-0.05, 0) is 26.2 Å². The number of ketones is 1. The molecule has 0 spiro atoms. The summed E-state index contributed by atoms with van der Waals surface area (Å²) in [4.78, 5) is 22.3. The molecule has 0 aliphatic heterocycles. The first-order valence-corrected chi connectivity index (χ1v) is 6.90. The predicted octanol–water partition coefficient (Wildman–Crippen LogP) is 3.82. The highest BCUT2D eigenvalue weighted by atomic mass is 16.5. The lowest BCUT2D eigenvalue weighted by atomic mass is 10.1. The number of esters is 1. The van der Waals surface area contributed by atoms with E-state index in [0.29, 0.717) is 12.8 Å². The zero-order valence-corrected chi connectivity index (χ0v) is 11.7. The fourth-order valence-corrected chi connectivity index (χ4v) is 1.75. The third kappa shape index (κ3) is 11.4. The van der Waals surface area contributed by atoms with Crippen LogP contribution in [0.5, 0.6) is 0 Å². The van der Waals surface area contributed by atoms with Gasteiger partial charge in [-0.15, -0.1) is 0 Å². The van der Waals surface area contributed by atoms with E-state index in [9.17, 15) is 9.59 Å². The van der Waals surface area contributed by atoms with Gasteiger partial charge in [0.15, 0.2) is 0 Å². The van der Waals surface area contributed by atoms with Crippen LogP contribution in [0.15, 0.2) is 12.2 Å². The van der Waals surface area contributed by atoms with E-state index in [4.69, 9.17) is 0 Å². The first kappa shape index (κ1) is 16.9. The number of carbonyl (C=O) groups excluding carboxylic acids is 2. The van der Waals surface area contributed by atoms with E-state index in [1.807, 2.05) is 6.92 Å². The third-order valence-corrected chi connectivity index (χ3v) is 2.90. The monoisotopic (exact) mass is 254 g/mol. The minimum Gasteiger partial charge on any atom is -0.469 e. The smallest absolute Gasteiger partial charge is 0.305 e. The predicted molar refractivity (Wildman–Crippen MR) is 73.4 cm³/mol. The molecule has 0 bridgehead atoms. The lowest BCUT2D eigenvalue weighted by Crippen LogP contribution is -2.05. The van der Waals surface area contributed by atoms with E-state index >= 15 is 0 Å². The van der Waals surface area contributed by atoms with E-state index < -0.39 is 0 Å². The highest BCUT2D eigenvalue weighted by Gasteiger charge is 2.06. The number of hydrogen-bond acceptors (Lipinski definition) is 3. The standard InChI is InChI=1S/C15H26O3/c1-3-4-5-6-7-8-9-10-11-14(16)12-13-15(17)18-2/h3-4H,5-13H2,1-2H3. The second kappa shape index (κ2) is 12.3. The summed E-state index contributed by atoms with van der Waals surface area (Å²) in [6.45, 7) is 2.04. The first-order valence-electron chi connectivity index (χ1n) is 6.90. The van der Waals surface area contributed by atoms with Gasteiger partial charge in [-0.2, -0.15) is 0 Å². The molecular weight excluding hydrogens is 228 g/mol. The molecule has 0 aliphatic rings. The van der Waals surface area contributed by atoms with Gasteiger partial charge in [0.05, 0.1) is 13.5 Å². The molecule has 0 saturated heterocycles. The van der Waals surface area contributed by atoms with Gasteiger partial charge in [0, 0.05) is 12.8 Å². The summed E-state index contributed by atoms with van der Waals surface area (Å²) < 4.78 is 4.49. The van der Waals surface area contributed by atoms with Gasteiger partial charge in [0.1, 0.15) is 5.78 Å². The van der Waals surface area contributed by atoms with Crippen molar-refractivity contribution in [3.63, 3.8) is 0 Å². The molecule has 0 amide bonds. The fraction of sp³-hybridized carbons (Fsp3) is 0.733. The number of allylic oxidation sites excluding steroid dienone is 2. The van der Waals surface area contributed by atoms with E-state index in [1.54, 1.807) is 0 Å². The van der Waals surface area contributed by atoms with E-state index in [-0.39, 0.29) is 18.2 Å². The van der Waals surface area contributed by atoms with Crippen LogP contribution >= 0.6 is 0 Å². The summed E-state index contributed by atoms with van der Waals surface area (Å²) in [7, 11) is 1.35. The third-order valence-electron chi connectivity index (χ3n) is 2.90. The molecule has 0 aromatic heterocycles. The van der Waals surface area contributed by atoms with Crippen molar-refractivity contribution in [1.29, 1.82) is 0 Å². The summed E-state index contributed by atoms with van der Waals surface area (Å²) in [5, 5.41) is 0. The van der Waals surface area contributed by atoms with Crippen LogP contribution in [0, 0.1) is 0 Å². The lowest BCUT2D eigenvalue weighted by molar-refractivity contribution is -0.141. The Morgan fingerprint density at radius 1 is 0.944 bits per heavy atom. The van der Waals surface area contributed by atoms with Crippen LogP contribution in [0.25, 0.3) is 0 Å². The minimum absolute atomic E-state index is 0.175. The van der Waals surface area contributed by atoms with Crippen molar-refractivity contribution in [2.45, 2.75) is 64.7 Å². The maximum absolute atomic E-state index is 11.4. The molecule has 0 aliphatic carbocycles. The highest BCUT2D eigenvalue weighted by Crippen LogP contribution is 2.09. The average molecular weight is 254 g/mol. The van der Waals surface area contributed by atoms with Crippen LogP contribution in [0.1, 0.15) is 64.7 Å². The van der Waals surface area contributed by atoms with Gasteiger partial charge in [-0.25, -0.2) is 0 Å². The Bertz CT molecular complexity index is 256. The number of rotatable bonds is 11. The second-order valence-electron chi connectivity index (χ2n) is 4.49. The van der Waals surface area contributed by atoms with Gasteiger partial charge < -0.3 is 4.74 Å². The highest BCUT2D eigenvalue weighted by molar-refractivity contribution is 5.82. The van der Waals surface area contributed by atoms with E-state index in [0.717, 1.165) is 19.3 Å². The molecule has 0 fully saturated rings. The van der Waals surface area contributed by atoms with Crippen molar-refractivity contribution in [2.75, 3.05) is 7.11 Å². The Morgan fingerprint density at radius 3 is 2.28 bits per heavy atom. The molecule has 0 unspecified atom stereocenters. The van der Waals surface area contributed by atoms with Crippen LogP contribution in [0.2, 0.25) is 0 Å². The molecule has 104 valence electrons. The summed E-state index contributed by atoms with van der Waals surface area (Å²) in [5.74, 6) is -0.123. The molecule has 0 aromatic rings. The Labute approximate surface area is 111 Å². The van der Waals surface area contributed by atoms with Gasteiger partial charge >= 0.3 is 5.97 Å². The molecule has 0 saturated carbocycles. The summed E-state index contributed by atoms with van der Waals surface area (Å²) in [5.41, 5.74) is 0. The van der Waals surface area contributed by atoms with Crippen LogP contribution in [0.4, 0.5) is 0 Å². The molecule has 3 nitrogen and oxygen atoms in total. The molecule has 0 N–H and O–H groups in total. The van der Waals surface area contributed by atoms with Crippen molar-refractivity contribution in [2.24, 2.45) is 0 Å². The minimum atomic E-state index is -0.299. The number of unbranched alkanes of at least 4 members (excludes halogenated alkanes) is 5. The fourth-order valence-electron chi connectivity index (χ4n) is 1.75. The van der Waals surface area contributed by atoms with Crippen molar-refractivity contribution in [3.8, 4) is 0 Å². The number of methoxy groups -OCH3 is 1. The van der Waals surface area contributed by atoms with Gasteiger partial charge in [-0.1, -0.05) is 31.4 Å². The Hall–Kier alpha value is -1.12. The summed E-state index contributed by atoms with van der Waals surface area (Å²) in [6.07, 6.45) is 12.3. The number of ether oxygens (including phenoxy) is 1. The largest absolute Gasteiger partial charge is 0.469 e. The van der Waals surface area contributed by atoms with Crippen molar-refractivity contribution in [3.05, 3.63) is 12.2 Å². The number of carbonyl (C=O) groups is 2. The molecule has 0 aromatic carbocycles. The zero-order valence-electron chi connectivity index (χ0n) is 11.7. The van der Waals surface area contributed by atoms with E-state index in [1.165, 1.54) is 26.4 Å². The van der Waals surface area contributed by atoms with E-state index in [2.05, 4.69) is 16.9 Å². The van der Waals surface area contributed by atoms with Gasteiger partial charge in [0.2, 0.25) is 0 Å². The molecular formula is C15H26O3. The topological polar surface area (TPSA) is 43.4 Å². The molecule has 18 heavy (non-hydrogen) atoms. The SMILES string of the molecule is CC=CCCCCCCCC(=O)CCC(=O)OC. The summed E-state index contributed by atoms with van der Waals surface area (Å²) in [6, 6.07) is 0. The molecule has 0 rings (SSSR count). The van der Waals surface area contributed by atoms with Crippen molar-refractivity contribution in [1.82, 2.24) is 0 Å². The van der Waals surface area contributed by atoms with Crippen LogP contribution < -0.4 is 0 Å². The summed E-state index contributed by atoms with van der Waals surface area (Å²) >= 11 is 0. The Kier molecular flexibility index (Phi) is 11.6. The van der Waals surface area contributed by atoms with Crippen LogP contribution in [0.3, 0.4) is 0 Å². The normalized spacial score (nSPS) is 10.8. The average Bonchev–Trinajstić information content (AvgIpc) is 2.39. The second-order valence-corrected chi connectivity index (χ2v) is 4.49. The Balaban J connectivity index is 3.27. The number of hydrogen-bond donors (Lipinski definition) is 0. The lowest BCUT2D eigenvalue weighted by Gasteiger charge is -2.01. The number of Topliss-reactive ketones (excluding diaryl/α,β-unsaturated/α-hetero) is 1. The zero-order chi connectivity index (χ0) is 13.6. The van der Waals surface area contributed by atoms with Crippen molar-refractivity contribution >= 4 is 11.8 Å². The maximum atomic E-state index is 11.4. The van der Waals surface area contributed by atoms with Crippen LogP contribution in [-0.4, -0.2) is 18.9 Å². The molecule has 0 radical (unpaired) electrons. The van der Waals surface area contributed by atoms with Gasteiger partial charge in [-0.3, -0.25) is 9.59 Å². The van der Waals surface area contributed by atoms with Gasteiger partial charge in [0.25, 0.3) is 0 Å². The Morgan fingerprint density at radius 2 is 1.61 bits per heavy atom. The quantitative estimate of drug-likeness (QED) is 0.320. The molecule has 3 heteroatoms.